The largest absolute Gasteiger partial charge is 0.392 e. The molecule has 2 fully saturated rings. The molecule has 10 heteroatoms. The van der Waals surface area contributed by atoms with E-state index in [2.05, 4.69) is 16.5 Å². The smallest absolute Gasteiger partial charge is 0.240 e. The molecular formula is C43H45ClN2O6S. The van der Waals surface area contributed by atoms with Gasteiger partial charge < -0.3 is 24.6 Å². The van der Waals surface area contributed by atoms with Crippen molar-refractivity contribution >= 4 is 21.6 Å². The number of ether oxygens (including phenoxy) is 2. The first-order chi connectivity index (χ1) is 25.6. The van der Waals surface area contributed by atoms with E-state index >= 15 is 0 Å². The Balaban J connectivity index is 1.06. The van der Waals surface area contributed by atoms with Crippen LogP contribution in [0.25, 0.3) is 11.1 Å². The Labute approximate surface area is 317 Å². The van der Waals surface area contributed by atoms with Crippen molar-refractivity contribution in [1.29, 1.82) is 0 Å². The summed E-state index contributed by atoms with van der Waals surface area (Å²) in [6.07, 6.45) is 0.238. The summed E-state index contributed by atoms with van der Waals surface area (Å²) < 4.78 is 41.7. The average molecular weight is 753 g/mol. The van der Waals surface area contributed by atoms with E-state index in [1.165, 1.54) is 0 Å². The predicted molar refractivity (Wildman–Crippen MR) is 206 cm³/mol. The summed E-state index contributed by atoms with van der Waals surface area (Å²) in [5.74, 6) is 0.0321. The lowest BCUT2D eigenvalue weighted by Crippen LogP contribution is -2.49. The van der Waals surface area contributed by atoms with Gasteiger partial charge in [-0.2, -0.15) is 0 Å². The second-order valence-electron chi connectivity index (χ2n) is 14.1. The summed E-state index contributed by atoms with van der Waals surface area (Å²) in [6.45, 7) is 4.47. The molecule has 53 heavy (non-hydrogen) atoms. The molecule has 8 nitrogen and oxygen atoms in total. The quantitative estimate of drug-likeness (QED) is 0.127. The third-order valence-electron chi connectivity index (χ3n) is 10.6. The minimum atomic E-state index is -3.63. The van der Waals surface area contributed by atoms with Gasteiger partial charge in [-0.05, 0) is 76.6 Å². The summed E-state index contributed by atoms with van der Waals surface area (Å²) in [5.41, 5.74) is 5.57. The van der Waals surface area contributed by atoms with E-state index in [0.29, 0.717) is 24.4 Å². The first-order valence-corrected chi connectivity index (χ1v) is 19.9. The summed E-state index contributed by atoms with van der Waals surface area (Å²) in [4.78, 5) is 2.60. The Kier molecular flexibility index (Phi) is 11.5. The number of likely N-dealkylation sites (tertiary alicyclic amines) is 1. The summed E-state index contributed by atoms with van der Waals surface area (Å²) in [5, 5.41) is 21.8. The number of halogens is 1. The Hall–Kier alpha value is -3.90. The van der Waals surface area contributed by atoms with Gasteiger partial charge in [-0.15, -0.1) is 0 Å². The average Bonchev–Trinajstić information content (AvgIpc) is 3.19. The highest BCUT2D eigenvalue weighted by Gasteiger charge is 2.41. The number of aliphatic hydroxyl groups excluding tert-OH is 1. The van der Waals surface area contributed by atoms with Gasteiger partial charge >= 0.3 is 0 Å². The Morgan fingerprint density at radius 2 is 1.47 bits per heavy atom. The number of hydrogen-bond acceptors (Lipinski definition) is 7. The molecule has 7 rings (SSSR count). The Bertz CT molecular complexity index is 2070. The number of piperidine rings is 1. The fourth-order valence-electron chi connectivity index (χ4n) is 7.29. The molecule has 0 spiro atoms. The molecular weight excluding hydrogens is 708 g/mol. The van der Waals surface area contributed by atoms with Crippen molar-refractivity contribution in [3.05, 3.63) is 160 Å². The van der Waals surface area contributed by atoms with Crippen molar-refractivity contribution in [3.63, 3.8) is 0 Å². The zero-order chi connectivity index (χ0) is 37.0. The second-order valence-corrected chi connectivity index (χ2v) is 16.3. The zero-order valence-electron chi connectivity index (χ0n) is 29.6. The SMILES string of the molecule is CC1C(CN2CCC(O)(c3ccc(Cl)cc3)CC2)OC(c2ccc(-c3cccc(CNS(=O)(=O)c4ccccc4)c3)cc2)OC1c1ccc(CO)cc1. The van der Waals surface area contributed by atoms with Gasteiger partial charge in [-0.1, -0.05) is 116 Å². The van der Waals surface area contributed by atoms with Crippen LogP contribution in [-0.4, -0.2) is 49.3 Å². The van der Waals surface area contributed by atoms with Gasteiger partial charge in [-0.25, -0.2) is 13.1 Å². The van der Waals surface area contributed by atoms with Crippen molar-refractivity contribution in [2.24, 2.45) is 5.92 Å². The number of benzene rings is 5. The molecule has 5 aromatic carbocycles. The Morgan fingerprint density at radius 1 is 0.792 bits per heavy atom. The first kappa shape index (κ1) is 37.4. The molecule has 2 heterocycles. The number of nitrogens with zero attached hydrogens (tertiary/aromatic N) is 1. The number of aliphatic hydroxyl groups is 2. The monoisotopic (exact) mass is 752 g/mol. The zero-order valence-corrected chi connectivity index (χ0v) is 31.2. The lowest BCUT2D eigenvalue weighted by atomic mass is 9.84. The highest BCUT2D eigenvalue weighted by atomic mass is 35.5. The number of nitrogens with one attached hydrogen (secondary N) is 1. The molecule has 0 bridgehead atoms. The fourth-order valence-corrected chi connectivity index (χ4v) is 8.46. The maximum Gasteiger partial charge on any atom is 0.240 e. The Morgan fingerprint density at radius 3 is 2.15 bits per heavy atom. The van der Waals surface area contributed by atoms with Gasteiger partial charge in [0.05, 0.1) is 29.3 Å². The van der Waals surface area contributed by atoms with Crippen molar-refractivity contribution in [2.75, 3.05) is 19.6 Å². The second kappa shape index (κ2) is 16.2. The number of rotatable bonds is 11. The standard InChI is InChI=1S/C43H45ClN2O6S/c1-30-40(28-46-24-22-43(48,23-25-46)37-18-20-38(44)21-19-37)51-42(52-41(30)34-12-10-31(29-47)11-13-34)35-16-14-33(15-17-35)36-7-5-6-32(26-36)27-45-53(49,50)39-8-3-2-4-9-39/h2-21,26,30,40-42,45,47-48H,22-25,27-29H2,1H3. The molecule has 2 saturated heterocycles. The first-order valence-electron chi connectivity index (χ1n) is 18.1. The van der Waals surface area contributed by atoms with Crippen LogP contribution in [0.5, 0.6) is 0 Å². The van der Waals surface area contributed by atoms with Crippen LogP contribution in [0.2, 0.25) is 5.02 Å². The van der Waals surface area contributed by atoms with E-state index < -0.39 is 21.9 Å². The summed E-state index contributed by atoms with van der Waals surface area (Å²) in [6, 6.07) is 39.7. The van der Waals surface area contributed by atoms with Gasteiger partial charge in [0, 0.05) is 42.7 Å². The lowest BCUT2D eigenvalue weighted by Gasteiger charge is -2.45. The molecule has 4 unspecified atom stereocenters. The van der Waals surface area contributed by atoms with Crippen LogP contribution in [0, 0.1) is 5.92 Å². The number of sulfonamides is 1. The van der Waals surface area contributed by atoms with Crippen LogP contribution < -0.4 is 4.72 Å². The van der Waals surface area contributed by atoms with Crippen LogP contribution in [0.4, 0.5) is 0 Å². The molecule has 0 saturated carbocycles. The van der Waals surface area contributed by atoms with Gasteiger partial charge in [-0.3, -0.25) is 0 Å². The third kappa shape index (κ3) is 8.75. The van der Waals surface area contributed by atoms with Crippen LogP contribution in [0.1, 0.15) is 60.0 Å². The molecule has 2 aliphatic rings. The van der Waals surface area contributed by atoms with Gasteiger partial charge in [0.1, 0.15) is 0 Å². The summed E-state index contributed by atoms with van der Waals surface area (Å²) >= 11 is 6.11. The maximum absolute atomic E-state index is 12.8. The van der Waals surface area contributed by atoms with E-state index in [0.717, 1.165) is 52.0 Å². The highest BCUT2D eigenvalue weighted by molar-refractivity contribution is 7.89. The molecule has 0 amide bonds. The predicted octanol–water partition coefficient (Wildman–Crippen LogP) is 7.75. The van der Waals surface area contributed by atoms with Crippen LogP contribution >= 0.6 is 11.6 Å². The minimum absolute atomic E-state index is 0.0222. The van der Waals surface area contributed by atoms with Crippen molar-refractivity contribution in [3.8, 4) is 11.1 Å². The molecule has 0 aliphatic carbocycles. The highest BCUT2D eigenvalue weighted by Crippen LogP contribution is 2.43. The fraction of sp³-hybridized carbons (Fsp3) is 0.302. The van der Waals surface area contributed by atoms with E-state index in [4.69, 9.17) is 21.1 Å². The maximum atomic E-state index is 12.8. The third-order valence-corrected chi connectivity index (χ3v) is 12.3. The van der Waals surface area contributed by atoms with Crippen LogP contribution in [-0.2, 0) is 38.2 Å². The van der Waals surface area contributed by atoms with Gasteiger partial charge in [0.2, 0.25) is 10.0 Å². The number of hydrogen-bond donors (Lipinski definition) is 3. The van der Waals surface area contributed by atoms with Crippen LogP contribution in [0.15, 0.2) is 132 Å². The van der Waals surface area contributed by atoms with E-state index in [-0.39, 0.29) is 36.2 Å². The van der Waals surface area contributed by atoms with Crippen molar-refractivity contribution in [2.45, 2.75) is 61.9 Å². The van der Waals surface area contributed by atoms with Crippen molar-refractivity contribution in [1.82, 2.24) is 9.62 Å². The molecule has 0 aromatic heterocycles. The topological polar surface area (TPSA) is 108 Å². The molecule has 0 radical (unpaired) electrons. The van der Waals surface area contributed by atoms with Gasteiger partial charge in [0.15, 0.2) is 6.29 Å². The van der Waals surface area contributed by atoms with Crippen LogP contribution in [0.3, 0.4) is 0 Å². The molecule has 5 aromatic rings. The normalized spacial score (nSPS) is 22.0. The molecule has 276 valence electrons. The van der Waals surface area contributed by atoms with E-state index in [1.807, 2.05) is 97.1 Å². The summed E-state index contributed by atoms with van der Waals surface area (Å²) in [7, 11) is -3.63. The minimum Gasteiger partial charge on any atom is -0.392 e. The molecule has 2 aliphatic heterocycles. The lowest BCUT2D eigenvalue weighted by molar-refractivity contribution is -0.277. The van der Waals surface area contributed by atoms with Crippen molar-refractivity contribution < 1.29 is 28.1 Å². The molecule has 3 N–H and O–H groups in total. The van der Waals surface area contributed by atoms with E-state index in [1.54, 1.807) is 30.3 Å². The molecule has 4 atom stereocenters. The van der Waals surface area contributed by atoms with Gasteiger partial charge in [0.25, 0.3) is 0 Å². The van der Waals surface area contributed by atoms with E-state index in [9.17, 15) is 18.6 Å².